The fourth-order valence-corrected chi connectivity index (χ4v) is 5.27. The topological polar surface area (TPSA) is 77.2 Å². The summed E-state index contributed by atoms with van der Waals surface area (Å²) in [6.07, 6.45) is 6.88. The van der Waals surface area contributed by atoms with E-state index in [1.807, 2.05) is 18.2 Å². The van der Waals surface area contributed by atoms with E-state index >= 15 is 0 Å². The molecule has 0 fully saturated rings. The van der Waals surface area contributed by atoms with E-state index in [-0.39, 0.29) is 6.42 Å². The van der Waals surface area contributed by atoms with Crippen LogP contribution < -0.4 is 4.74 Å². The molecule has 2 heterocycles. The number of aryl methyl sites for hydroxylation is 2. The van der Waals surface area contributed by atoms with Gasteiger partial charge < -0.3 is 9.84 Å². The van der Waals surface area contributed by atoms with Gasteiger partial charge in [-0.15, -0.1) is 0 Å². The van der Waals surface area contributed by atoms with Crippen molar-refractivity contribution < 1.29 is 14.6 Å². The average Bonchev–Trinajstić information content (AvgIpc) is 3.26. The van der Waals surface area contributed by atoms with Gasteiger partial charge in [0.1, 0.15) is 5.75 Å². The van der Waals surface area contributed by atoms with Crippen molar-refractivity contribution >= 4 is 40.1 Å². The maximum absolute atomic E-state index is 11.7. The number of aromatic nitrogens is 3. The molecule has 0 saturated carbocycles. The summed E-state index contributed by atoms with van der Waals surface area (Å²) in [4.78, 5) is 16.5. The summed E-state index contributed by atoms with van der Waals surface area (Å²) in [5, 5.41) is 15.8. The third-order valence-electron chi connectivity index (χ3n) is 6.39. The molecule has 180 valence electrons. The molecule has 0 saturated heterocycles. The maximum Gasteiger partial charge on any atom is 0.305 e. The Morgan fingerprint density at radius 2 is 1.89 bits per heavy atom. The Bertz CT molecular complexity index is 1370. The van der Waals surface area contributed by atoms with E-state index < -0.39 is 12.0 Å². The zero-order chi connectivity index (χ0) is 24.4. The molecule has 1 atom stereocenters. The summed E-state index contributed by atoms with van der Waals surface area (Å²) in [5.74, 6) is -0.246. The number of nitrogens with zero attached hydrogens (tertiary/aromatic N) is 3. The number of aliphatic carboxylic acids is 1. The number of carbonyl (C=O) groups is 1. The lowest BCUT2D eigenvalue weighted by Crippen LogP contribution is -2.16. The Morgan fingerprint density at radius 1 is 1.09 bits per heavy atom. The fourth-order valence-electron chi connectivity index (χ4n) is 4.73. The molecule has 0 bridgehead atoms. The highest BCUT2D eigenvalue weighted by Crippen LogP contribution is 2.33. The van der Waals surface area contributed by atoms with E-state index in [1.165, 1.54) is 24.1 Å². The second kappa shape index (κ2) is 10.3. The lowest BCUT2D eigenvalue weighted by atomic mass is 9.96. The molecule has 0 radical (unpaired) electrons. The van der Waals surface area contributed by atoms with Crippen LogP contribution in [0.15, 0.2) is 54.7 Å². The van der Waals surface area contributed by atoms with Gasteiger partial charge in [-0.25, -0.2) is 0 Å². The van der Waals surface area contributed by atoms with Gasteiger partial charge in [0, 0.05) is 27.9 Å². The van der Waals surface area contributed by atoms with Crippen molar-refractivity contribution in [2.24, 2.45) is 0 Å². The van der Waals surface area contributed by atoms with Gasteiger partial charge in [-0.2, -0.15) is 5.10 Å². The van der Waals surface area contributed by atoms with Crippen LogP contribution in [0.2, 0.25) is 10.0 Å². The van der Waals surface area contributed by atoms with Crippen molar-refractivity contribution in [2.75, 3.05) is 6.61 Å². The van der Waals surface area contributed by atoms with Gasteiger partial charge >= 0.3 is 5.97 Å². The molecule has 1 aliphatic rings. The summed E-state index contributed by atoms with van der Waals surface area (Å²) in [6, 6.07) is 14.5. The molecule has 6 nitrogen and oxygen atoms in total. The van der Waals surface area contributed by atoms with E-state index in [9.17, 15) is 9.90 Å². The number of carboxylic acid groups (broad SMARTS) is 1. The molecule has 1 N–H and O–H groups in total. The van der Waals surface area contributed by atoms with Crippen molar-refractivity contribution in [2.45, 2.75) is 44.6 Å². The Balaban J connectivity index is 1.38. The van der Waals surface area contributed by atoms with Crippen molar-refractivity contribution in [3.05, 3.63) is 87.3 Å². The highest BCUT2D eigenvalue weighted by atomic mass is 35.5. The van der Waals surface area contributed by atoms with Gasteiger partial charge in [0.05, 0.1) is 36.2 Å². The molecule has 2 aromatic carbocycles. The maximum atomic E-state index is 11.7. The molecule has 0 amide bonds. The van der Waals surface area contributed by atoms with Gasteiger partial charge in [0.15, 0.2) is 0 Å². The van der Waals surface area contributed by atoms with Crippen LogP contribution in [-0.4, -0.2) is 32.4 Å². The number of fused-ring (bicyclic) bond motifs is 2. The normalized spacial score (nSPS) is 14.0. The predicted molar refractivity (Wildman–Crippen MR) is 137 cm³/mol. The molecule has 8 heteroatoms. The summed E-state index contributed by atoms with van der Waals surface area (Å²) in [6.45, 7) is 0.485. The van der Waals surface area contributed by atoms with Crippen LogP contribution in [0.25, 0.3) is 10.9 Å². The minimum Gasteiger partial charge on any atom is -0.492 e. The summed E-state index contributed by atoms with van der Waals surface area (Å²) in [5.41, 5.74) is 5.09. The Hall–Kier alpha value is -3.09. The van der Waals surface area contributed by atoms with E-state index in [0.29, 0.717) is 34.4 Å². The van der Waals surface area contributed by atoms with E-state index in [1.54, 1.807) is 29.1 Å². The first kappa shape index (κ1) is 23.6. The SMILES string of the molecule is O=C(O)CC(c1cc(Cl)cc(Cl)c1)n1ncc2c(OCCc3ccc4c(n3)CCCC4)cccc21. The van der Waals surface area contributed by atoms with Crippen molar-refractivity contribution in [3.8, 4) is 5.75 Å². The first-order chi connectivity index (χ1) is 17.0. The number of hydrogen-bond donors (Lipinski definition) is 1. The van der Waals surface area contributed by atoms with Crippen molar-refractivity contribution in [1.82, 2.24) is 14.8 Å². The van der Waals surface area contributed by atoms with Crippen LogP contribution in [0.3, 0.4) is 0 Å². The standard InChI is InChI=1S/C27H25Cl2N3O3/c28-19-12-18(13-20(29)14-19)25(15-27(33)34)32-24-6-3-7-26(22(24)16-30-32)35-11-10-21-9-8-17-4-1-2-5-23(17)31-21/h3,6-9,12-14,16,25H,1-2,4-5,10-11,15H2,(H,33,34). The highest BCUT2D eigenvalue weighted by molar-refractivity contribution is 6.34. The molecule has 1 aliphatic carbocycles. The van der Waals surface area contributed by atoms with E-state index in [0.717, 1.165) is 29.4 Å². The second-order valence-electron chi connectivity index (χ2n) is 8.81. The smallest absolute Gasteiger partial charge is 0.305 e. The predicted octanol–water partition coefficient (Wildman–Crippen LogP) is 6.30. The number of ether oxygens (including phenoxy) is 1. The molecule has 5 rings (SSSR count). The van der Waals surface area contributed by atoms with Crippen molar-refractivity contribution in [3.63, 3.8) is 0 Å². The van der Waals surface area contributed by atoms with Gasteiger partial charge in [0.2, 0.25) is 0 Å². The van der Waals surface area contributed by atoms with Gasteiger partial charge in [-0.1, -0.05) is 35.3 Å². The third kappa shape index (κ3) is 5.29. The van der Waals surface area contributed by atoms with Gasteiger partial charge in [-0.3, -0.25) is 14.5 Å². The van der Waals surface area contributed by atoms with Crippen LogP contribution in [0.1, 0.15) is 47.8 Å². The lowest BCUT2D eigenvalue weighted by molar-refractivity contribution is -0.137. The number of hydrogen-bond acceptors (Lipinski definition) is 4. The Morgan fingerprint density at radius 3 is 2.69 bits per heavy atom. The highest BCUT2D eigenvalue weighted by Gasteiger charge is 2.22. The van der Waals surface area contributed by atoms with Crippen molar-refractivity contribution in [1.29, 1.82) is 0 Å². The average molecular weight is 510 g/mol. The van der Waals surface area contributed by atoms with Crippen LogP contribution in [-0.2, 0) is 24.1 Å². The number of rotatable bonds is 8. The Kier molecular flexibility index (Phi) is 6.93. The van der Waals surface area contributed by atoms with E-state index in [2.05, 4.69) is 17.2 Å². The van der Waals surface area contributed by atoms with Crippen LogP contribution in [0.4, 0.5) is 0 Å². The first-order valence-corrected chi connectivity index (χ1v) is 12.5. The second-order valence-corrected chi connectivity index (χ2v) is 9.68. The quantitative estimate of drug-likeness (QED) is 0.301. The summed E-state index contributed by atoms with van der Waals surface area (Å²) >= 11 is 12.4. The zero-order valence-electron chi connectivity index (χ0n) is 19.1. The first-order valence-electron chi connectivity index (χ1n) is 11.7. The molecule has 4 aromatic rings. The van der Waals surface area contributed by atoms with Crippen LogP contribution in [0.5, 0.6) is 5.75 Å². The molecule has 35 heavy (non-hydrogen) atoms. The molecule has 0 aliphatic heterocycles. The number of benzene rings is 2. The van der Waals surface area contributed by atoms with Crippen LogP contribution in [0, 0.1) is 0 Å². The minimum absolute atomic E-state index is 0.164. The largest absolute Gasteiger partial charge is 0.492 e. The molecule has 2 aromatic heterocycles. The van der Waals surface area contributed by atoms with E-state index in [4.69, 9.17) is 32.9 Å². The number of halogens is 2. The lowest BCUT2D eigenvalue weighted by Gasteiger charge is -2.18. The number of carboxylic acids is 1. The van der Waals surface area contributed by atoms with Crippen LogP contribution >= 0.6 is 23.2 Å². The van der Waals surface area contributed by atoms with Gasteiger partial charge in [0.25, 0.3) is 0 Å². The molecular weight excluding hydrogens is 485 g/mol. The van der Waals surface area contributed by atoms with Gasteiger partial charge in [-0.05, 0) is 73.2 Å². The molecule has 0 spiro atoms. The summed E-state index contributed by atoms with van der Waals surface area (Å²) in [7, 11) is 0. The zero-order valence-corrected chi connectivity index (χ0v) is 20.6. The molecular formula is C27H25Cl2N3O3. The minimum atomic E-state index is -0.945. The third-order valence-corrected chi connectivity index (χ3v) is 6.82. The monoisotopic (exact) mass is 509 g/mol. The molecule has 1 unspecified atom stereocenters. The number of pyridine rings is 1. The summed E-state index contributed by atoms with van der Waals surface area (Å²) < 4.78 is 7.83. The fraction of sp³-hybridized carbons (Fsp3) is 0.296. The Labute approximate surface area is 213 Å².